The number of benzene rings is 1. The van der Waals surface area contributed by atoms with Gasteiger partial charge in [0, 0.05) is 0 Å². The number of ether oxygens (including phenoxy) is 1. The number of aromatic nitrogens is 4. The van der Waals surface area contributed by atoms with Gasteiger partial charge in [0.1, 0.15) is 11.3 Å². The van der Waals surface area contributed by atoms with E-state index in [0.29, 0.717) is 16.9 Å². The van der Waals surface area contributed by atoms with Crippen LogP contribution in [0.25, 0.3) is 11.0 Å². The molecule has 6 nitrogen and oxygen atoms in total. The first-order valence-electron chi connectivity index (χ1n) is 7.26. The highest BCUT2D eigenvalue weighted by Gasteiger charge is 2.17. The Morgan fingerprint density at radius 1 is 1.09 bits per heavy atom. The lowest BCUT2D eigenvalue weighted by Gasteiger charge is -2.14. The highest BCUT2D eigenvalue weighted by atomic mass is 16.5. The Morgan fingerprint density at radius 2 is 1.82 bits per heavy atom. The quantitative estimate of drug-likeness (QED) is 0.775. The van der Waals surface area contributed by atoms with Crippen molar-refractivity contribution < 1.29 is 4.74 Å². The van der Waals surface area contributed by atoms with Crippen LogP contribution in [-0.2, 0) is 0 Å². The maximum atomic E-state index is 12.2. The van der Waals surface area contributed by atoms with Gasteiger partial charge < -0.3 is 9.72 Å². The molecule has 0 amide bonds. The molecule has 0 fully saturated rings. The summed E-state index contributed by atoms with van der Waals surface area (Å²) in [6.45, 7) is 5.91. The fourth-order valence-electron chi connectivity index (χ4n) is 2.30. The number of aromatic amines is 2. The molecule has 0 bridgehead atoms. The fraction of sp³-hybridized carbons (Fsp3) is 0.312. The maximum Gasteiger partial charge on any atom is 0.279 e. The van der Waals surface area contributed by atoms with Gasteiger partial charge in [-0.3, -0.25) is 9.89 Å². The summed E-state index contributed by atoms with van der Waals surface area (Å²) in [5, 5.41) is 6.95. The summed E-state index contributed by atoms with van der Waals surface area (Å²) < 4.78 is 5.82. The first-order chi connectivity index (χ1) is 10.6. The second-order valence-electron chi connectivity index (χ2n) is 5.51. The van der Waals surface area contributed by atoms with E-state index in [2.05, 4.69) is 20.2 Å². The first kappa shape index (κ1) is 14.3. The van der Waals surface area contributed by atoms with E-state index < -0.39 is 0 Å². The van der Waals surface area contributed by atoms with E-state index >= 15 is 0 Å². The van der Waals surface area contributed by atoms with Gasteiger partial charge in [-0.2, -0.15) is 5.10 Å². The van der Waals surface area contributed by atoms with Crippen molar-refractivity contribution in [2.45, 2.75) is 32.8 Å². The summed E-state index contributed by atoms with van der Waals surface area (Å²) in [5.41, 5.74) is 1.54. The SMILES string of the molecule is CC(C)c1[nH]nc2c(=O)[nH]c([C@H](C)Oc3ccccc3)nc12. The van der Waals surface area contributed by atoms with Gasteiger partial charge in [-0.05, 0) is 25.0 Å². The van der Waals surface area contributed by atoms with Crippen LogP contribution in [0.3, 0.4) is 0 Å². The largest absolute Gasteiger partial charge is 0.483 e. The van der Waals surface area contributed by atoms with Crippen LogP contribution in [0.2, 0.25) is 0 Å². The molecule has 1 aromatic carbocycles. The van der Waals surface area contributed by atoms with Crippen LogP contribution in [-0.4, -0.2) is 20.2 Å². The number of nitrogens with zero attached hydrogens (tertiary/aromatic N) is 2. The van der Waals surface area contributed by atoms with Gasteiger partial charge in [0.25, 0.3) is 5.56 Å². The molecule has 114 valence electrons. The smallest absolute Gasteiger partial charge is 0.279 e. The van der Waals surface area contributed by atoms with Gasteiger partial charge in [-0.25, -0.2) is 4.98 Å². The van der Waals surface area contributed by atoms with Crippen LogP contribution in [0.15, 0.2) is 35.1 Å². The Labute approximate surface area is 127 Å². The van der Waals surface area contributed by atoms with Crippen LogP contribution in [0.5, 0.6) is 5.75 Å². The van der Waals surface area contributed by atoms with E-state index in [9.17, 15) is 4.79 Å². The molecule has 2 aromatic heterocycles. The van der Waals surface area contributed by atoms with E-state index in [-0.39, 0.29) is 17.6 Å². The highest BCUT2D eigenvalue weighted by molar-refractivity contribution is 5.76. The number of rotatable bonds is 4. The molecule has 0 saturated carbocycles. The molecule has 2 heterocycles. The lowest BCUT2D eigenvalue weighted by atomic mass is 10.1. The van der Waals surface area contributed by atoms with E-state index in [1.165, 1.54) is 0 Å². The molecule has 0 spiro atoms. The second-order valence-corrected chi connectivity index (χ2v) is 5.51. The molecule has 0 aliphatic rings. The Balaban J connectivity index is 2.00. The van der Waals surface area contributed by atoms with Gasteiger partial charge >= 0.3 is 0 Å². The topological polar surface area (TPSA) is 83.7 Å². The predicted octanol–water partition coefficient (Wildman–Crippen LogP) is 2.91. The van der Waals surface area contributed by atoms with Gasteiger partial charge in [0.15, 0.2) is 17.4 Å². The van der Waals surface area contributed by atoms with Crippen LogP contribution >= 0.6 is 0 Å². The first-order valence-corrected chi connectivity index (χ1v) is 7.26. The monoisotopic (exact) mass is 298 g/mol. The number of hydrogen-bond donors (Lipinski definition) is 2. The van der Waals surface area contributed by atoms with Gasteiger partial charge in [0.2, 0.25) is 0 Å². The average Bonchev–Trinajstić information content (AvgIpc) is 2.93. The number of fused-ring (bicyclic) bond motifs is 1. The van der Waals surface area contributed by atoms with Gasteiger partial charge in [-0.1, -0.05) is 32.0 Å². The molecular weight excluding hydrogens is 280 g/mol. The molecule has 0 aliphatic carbocycles. The Kier molecular flexibility index (Phi) is 3.66. The van der Waals surface area contributed by atoms with Crippen LogP contribution in [0.1, 0.15) is 44.3 Å². The predicted molar refractivity (Wildman–Crippen MR) is 84.1 cm³/mol. The van der Waals surface area contributed by atoms with Crippen LogP contribution in [0.4, 0.5) is 0 Å². The van der Waals surface area contributed by atoms with E-state index in [0.717, 1.165) is 11.4 Å². The van der Waals surface area contributed by atoms with Crippen molar-refractivity contribution in [3.63, 3.8) is 0 Å². The summed E-state index contributed by atoms with van der Waals surface area (Å²) in [6.07, 6.45) is -0.366. The molecule has 0 unspecified atom stereocenters. The van der Waals surface area contributed by atoms with Crippen LogP contribution in [0, 0.1) is 0 Å². The summed E-state index contributed by atoms with van der Waals surface area (Å²) in [6, 6.07) is 9.45. The minimum atomic E-state index is -0.366. The molecule has 22 heavy (non-hydrogen) atoms. The van der Waals surface area contributed by atoms with Crippen molar-refractivity contribution in [2.24, 2.45) is 0 Å². The molecule has 3 aromatic rings. The standard InChI is InChI=1S/C16H18N4O2/c1-9(2)12-13-14(20-19-12)16(21)18-15(17-13)10(3)22-11-7-5-4-6-8-11/h4-10H,1-3H3,(H,19,20)(H,17,18,21)/t10-/m0/s1. The molecule has 0 aliphatic heterocycles. The van der Waals surface area contributed by atoms with Gasteiger partial charge in [-0.15, -0.1) is 0 Å². The molecule has 3 rings (SSSR count). The number of hydrogen-bond acceptors (Lipinski definition) is 4. The third-order valence-electron chi connectivity index (χ3n) is 3.47. The van der Waals surface area contributed by atoms with Crippen molar-refractivity contribution in [1.29, 1.82) is 0 Å². The van der Waals surface area contributed by atoms with E-state index in [4.69, 9.17) is 4.74 Å². The summed E-state index contributed by atoms with van der Waals surface area (Å²) in [4.78, 5) is 19.4. The highest BCUT2D eigenvalue weighted by Crippen LogP contribution is 2.22. The normalized spacial score (nSPS) is 12.7. The zero-order valence-electron chi connectivity index (χ0n) is 12.8. The zero-order valence-corrected chi connectivity index (χ0v) is 12.8. The lowest BCUT2D eigenvalue weighted by molar-refractivity contribution is 0.216. The van der Waals surface area contributed by atoms with E-state index in [1.807, 2.05) is 51.1 Å². The number of H-pyrrole nitrogens is 2. The summed E-state index contributed by atoms with van der Waals surface area (Å²) in [7, 11) is 0. The van der Waals surface area contributed by atoms with Crippen molar-refractivity contribution in [1.82, 2.24) is 20.2 Å². The molecule has 6 heteroatoms. The lowest BCUT2D eigenvalue weighted by Crippen LogP contribution is -2.16. The van der Waals surface area contributed by atoms with Crippen molar-refractivity contribution >= 4 is 11.0 Å². The molecule has 0 saturated heterocycles. The zero-order chi connectivity index (χ0) is 15.7. The van der Waals surface area contributed by atoms with Crippen molar-refractivity contribution in [3.05, 3.63) is 52.2 Å². The van der Waals surface area contributed by atoms with Gasteiger partial charge in [0.05, 0.1) is 5.69 Å². The maximum absolute atomic E-state index is 12.2. The van der Waals surface area contributed by atoms with E-state index in [1.54, 1.807) is 0 Å². The summed E-state index contributed by atoms with van der Waals surface area (Å²) in [5.74, 6) is 1.43. The molecule has 2 N–H and O–H groups in total. The second kappa shape index (κ2) is 5.63. The van der Waals surface area contributed by atoms with Crippen LogP contribution < -0.4 is 10.3 Å². The Hall–Kier alpha value is -2.63. The minimum absolute atomic E-state index is 0.206. The van der Waals surface area contributed by atoms with Crippen molar-refractivity contribution in [3.8, 4) is 5.75 Å². The Morgan fingerprint density at radius 3 is 2.50 bits per heavy atom. The molecule has 0 radical (unpaired) electrons. The minimum Gasteiger partial charge on any atom is -0.483 e. The molecule has 1 atom stereocenters. The average molecular weight is 298 g/mol. The fourth-order valence-corrected chi connectivity index (χ4v) is 2.30. The number of para-hydroxylation sites is 1. The van der Waals surface area contributed by atoms with Crippen molar-refractivity contribution in [2.75, 3.05) is 0 Å². The third-order valence-corrected chi connectivity index (χ3v) is 3.47. The summed E-state index contributed by atoms with van der Waals surface area (Å²) >= 11 is 0. The Bertz CT molecular complexity index is 836. The number of nitrogens with one attached hydrogen (secondary N) is 2. The third kappa shape index (κ3) is 2.59. The molecular formula is C16H18N4O2.